The summed E-state index contributed by atoms with van der Waals surface area (Å²) in [5.41, 5.74) is 0.344. The van der Waals surface area contributed by atoms with Crippen LogP contribution >= 0.6 is 0 Å². The molecule has 0 aliphatic carbocycles. The lowest BCUT2D eigenvalue weighted by molar-refractivity contribution is 0.544. The third-order valence-electron chi connectivity index (χ3n) is 2.35. The molecule has 0 radical (unpaired) electrons. The van der Waals surface area contributed by atoms with Gasteiger partial charge in [-0.15, -0.1) is 0 Å². The van der Waals surface area contributed by atoms with Gasteiger partial charge in [-0.3, -0.25) is 0 Å². The Labute approximate surface area is 102 Å². The van der Waals surface area contributed by atoms with Gasteiger partial charge in [0.15, 0.2) is 0 Å². The van der Waals surface area contributed by atoms with Crippen LogP contribution in [0.3, 0.4) is 0 Å². The molecule has 0 aliphatic heterocycles. The van der Waals surface area contributed by atoms with Crippen molar-refractivity contribution < 1.29 is 8.42 Å². The summed E-state index contributed by atoms with van der Waals surface area (Å²) >= 11 is 0. The van der Waals surface area contributed by atoms with Gasteiger partial charge in [0.2, 0.25) is 10.0 Å². The van der Waals surface area contributed by atoms with Crippen molar-refractivity contribution in [3.05, 3.63) is 29.8 Å². The number of sulfonamides is 1. The second-order valence-electron chi connectivity index (χ2n) is 3.95. The van der Waals surface area contributed by atoms with Crippen LogP contribution in [0.4, 0.5) is 0 Å². The maximum absolute atomic E-state index is 12.0. The second-order valence-corrected chi connectivity index (χ2v) is 5.66. The second kappa shape index (κ2) is 5.80. The first-order valence-electron chi connectivity index (χ1n) is 5.52. The lowest BCUT2D eigenvalue weighted by atomic mass is 10.2. The molecule has 1 aromatic rings. The Balaban J connectivity index is 2.94. The van der Waals surface area contributed by atoms with Gasteiger partial charge in [0.25, 0.3) is 0 Å². The highest BCUT2D eigenvalue weighted by molar-refractivity contribution is 7.89. The lowest BCUT2D eigenvalue weighted by Crippen LogP contribution is -2.32. The molecule has 0 bridgehead atoms. The number of nitrogens with one attached hydrogen (secondary N) is 1. The number of hydrogen-bond donors (Lipinski definition) is 1. The summed E-state index contributed by atoms with van der Waals surface area (Å²) in [4.78, 5) is 0.138. The zero-order valence-electron chi connectivity index (χ0n) is 9.97. The van der Waals surface area contributed by atoms with E-state index >= 15 is 0 Å². The van der Waals surface area contributed by atoms with Crippen LogP contribution < -0.4 is 4.72 Å². The van der Waals surface area contributed by atoms with E-state index in [4.69, 9.17) is 5.26 Å². The first kappa shape index (κ1) is 13.7. The van der Waals surface area contributed by atoms with E-state index in [0.717, 1.165) is 12.8 Å². The molecule has 5 heteroatoms. The molecule has 0 saturated heterocycles. The van der Waals surface area contributed by atoms with Crippen molar-refractivity contribution in [2.45, 2.75) is 37.6 Å². The minimum absolute atomic E-state index is 0.101. The van der Waals surface area contributed by atoms with Crippen LogP contribution in [-0.4, -0.2) is 14.5 Å². The molecule has 1 rings (SSSR count). The van der Waals surface area contributed by atoms with E-state index in [1.807, 2.05) is 19.9 Å². The van der Waals surface area contributed by atoms with Gasteiger partial charge in [-0.25, -0.2) is 13.1 Å². The predicted molar refractivity (Wildman–Crippen MR) is 65.8 cm³/mol. The van der Waals surface area contributed by atoms with E-state index in [9.17, 15) is 8.42 Å². The zero-order valence-corrected chi connectivity index (χ0v) is 10.8. The van der Waals surface area contributed by atoms with E-state index in [1.54, 1.807) is 12.1 Å². The number of benzene rings is 1. The summed E-state index contributed by atoms with van der Waals surface area (Å²) in [6.07, 6.45) is 1.71. The lowest BCUT2D eigenvalue weighted by Gasteiger charge is -2.13. The van der Waals surface area contributed by atoms with Crippen LogP contribution in [0.15, 0.2) is 29.2 Å². The van der Waals surface area contributed by atoms with E-state index in [2.05, 4.69) is 4.72 Å². The molecule has 1 atom stereocenters. The fraction of sp³-hybridized carbons (Fsp3) is 0.417. The van der Waals surface area contributed by atoms with Crippen LogP contribution in [0, 0.1) is 11.3 Å². The Morgan fingerprint density at radius 3 is 2.76 bits per heavy atom. The van der Waals surface area contributed by atoms with Crippen molar-refractivity contribution >= 4 is 10.0 Å². The van der Waals surface area contributed by atoms with E-state index in [1.165, 1.54) is 12.1 Å². The first-order valence-corrected chi connectivity index (χ1v) is 7.00. The third-order valence-corrected chi connectivity index (χ3v) is 3.94. The Kier molecular flexibility index (Phi) is 4.67. The van der Waals surface area contributed by atoms with E-state index in [0.29, 0.717) is 5.56 Å². The van der Waals surface area contributed by atoms with E-state index < -0.39 is 10.0 Å². The number of rotatable bonds is 5. The average Bonchev–Trinajstić information content (AvgIpc) is 2.28. The Bertz CT molecular complexity index is 518. The highest BCUT2D eigenvalue weighted by Gasteiger charge is 2.16. The highest BCUT2D eigenvalue weighted by Crippen LogP contribution is 2.12. The number of nitrogens with zero attached hydrogens (tertiary/aromatic N) is 1. The van der Waals surface area contributed by atoms with Gasteiger partial charge < -0.3 is 0 Å². The maximum atomic E-state index is 12.0. The normalized spacial score (nSPS) is 13.0. The van der Waals surface area contributed by atoms with Gasteiger partial charge in [0.05, 0.1) is 16.5 Å². The topological polar surface area (TPSA) is 70.0 Å². The minimum Gasteiger partial charge on any atom is -0.208 e. The largest absolute Gasteiger partial charge is 0.240 e. The molecule has 1 aromatic carbocycles. The fourth-order valence-corrected chi connectivity index (χ4v) is 2.88. The summed E-state index contributed by atoms with van der Waals surface area (Å²) < 4.78 is 26.5. The molecule has 0 aromatic heterocycles. The van der Waals surface area contributed by atoms with Gasteiger partial charge in [0.1, 0.15) is 0 Å². The monoisotopic (exact) mass is 252 g/mol. The van der Waals surface area contributed by atoms with Crippen molar-refractivity contribution in [3.63, 3.8) is 0 Å². The predicted octanol–water partition coefficient (Wildman–Crippen LogP) is 2.03. The molecule has 0 spiro atoms. The van der Waals surface area contributed by atoms with Crippen LogP contribution in [0.1, 0.15) is 32.3 Å². The Hall–Kier alpha value is -1.38. The molecule has 4 nitrogen and oxygen atoms in total. The Morgan fingerprint density at radius 1 is 1.47 bits per heavy atom. The van der Waals surface area contributed by atoms with Gasteiger partial charge >= 0.3 is 0 Å². The van der Waals surface area contributed by atoms with Crippen molar-refractivity contribution in [2.24, 2.45) is 0 Å². The number of hydrogen-bond acceptors (Lipinski definition) is 3. The van der Waals surface area contributed by atoms with Crippen LogP contribution in [0.25, 0.3) is 0 Å². The van der Waals surface area contributed by atoms with Crippen LogP contribution in [0.5, 0.6) is 0 Å². The van der Waals surface area contributed by atoms with Gasteiger partial charge in [-0.1, -0.05) is 19.4 Å². The highest BCUT2D eigenvalue weighted by atomic mass is 32.2. The molecule has 0 amide bonds. The van der Waals surface area contributed by atoms with Gasteiger partial charge in [-0.05, 0) is 31.5 Å². The van der Waals surface area contributed by atoms with Crippen molar-refractivity contribution in [3.8, 4) is 6.07 Å². The Morgan fingerprint density at radius 2 is 2.18 bits per heavy atom. The molecule has 1 unspecified atom stereocenters. The summed E-state index contributed by atoms with van der Waals surface area (Å²) in [6.45, 7) is 3.83. The first-order chi connectivity index (χ1) is 7.99. The minimum atomic E-state index is -3.52. The van der Waals surface area contributed by atoms with E-state index in [-0.39, 0.29) is 10.9 Å². The zero-order chi connectivity index (χ0) is 12.9. The number of nitriles is 1. The molecular formula is C12H16N2O2S. The summed E-state index contributed by atoms with van der Waals surface area (Å²) in [6, 6.07) is 7.83. The summed E-state index contributed by atoms with van der Waals surface area (Å²) in [5, 5.41) is 8.73. The van der Waals surface area contributed by atoms with Gasteiger partial charge in [-0.2, -0.15) is 5.26 Å². The smallest absolute Gasteiger partial charge is 0.208 e. The molecule has 17 heavy (non-hydrogen) atoms. The van der Waals surface area contributed by atoms with Crippen molar-refractivity contribution in [2.75, 3.05) is 0 Å². The molecule has 0 heterocycles. The third kappa shape index (κ3) is 3.84. The summed E-state index contributed by atoms with van der Waals surface area (Å²) in [5.74, 6) is 0. The standard InChI is InChI=1S/C12H16N2O2S/c1-3-5-10(2)14-17(15,16)12-7-4-6-11(8-12)9-13/h4,6-8,10,14H,3,5H2,1-2H3. The fourth-order valence-electron chi connectivity index (χ4n) is 1.56. The SMILES string of the molecule is CCCC(C)NS(=O)(=O)c1cccc(C#N)c1. The molecule has 0 fully saturated rings. The molecular weight excluding hydrogens is 236 g/mol. The summed E-state index contributed by atoms with van der Waals surface area (Å²) in [7, 11) is -3.52. The molecule has 1 N–H and O–H groups in total. The van der Waals surface area contributed by atoms with Crippen LogP contribution in [0.2, 0.25) is 0 Å². The molecule has 0 aliphatic rings. The van der Waals surface area contributed by atoms with Crippen molar-refractivity contribution in [1.82, 2.24) is 4.72 Å². The molecule has 0 saturated carbocycles. The van der Waals surface area contributed by atoms with Crippen molar-refractivity contribution in [1.29, 1.82) is 5.26 Å². The van der Waals surface area contributed by atoms with Gasteiger partial charge in [0, 0.05) is 6.04 Å². The quantitative estimate of drug-likeness (QED) is 0.871. The maximum Gasteiger partial charge on any atom is 0.240 e. The van der Waals surface area contributed by atoms with Crippen LogP contribution in [-0.2, 0) is 10.0 Å². The average molecular weight is 252 g/mol. The molecule has 92 valence electrons.